The molecular weight excluding hydrogens is 455 g/mol. The molecule has 1 aliphatic rings. The van der Waals surface area contributed by atoms with Gasteiger partial charge in [0.2, 0.25) is 5.91 Å². The van der Waals surface area contributed by atoms with E-state index < -0.39 is 0 Å². The standard InChI is InChI=1S/C20H32N4O2.HI/c1-4-19(25)24-13-11-18(15-24)23-20(21-3)22-12-8-14-26-16(2)17-9-6-5-7-10-17;/h5-7,9-10,16,18H,4,8,11-15H2,1-3H3,(H2,21,22,23);1H. The number of guanidine groups is 1. The third-order valence-electron chi connectivity index (χ3n) is 4.66. The molecular formula is C20H33IN4O2. The SMILES string of the molecule is CCC(=O)N1CCC(NC(=NC)NCCCOC(C)c2ccccc2)C1.I. The molecule has 0 spiro atoms. The fraction of sp³-hybridized carbons (Fsp3) is 0.600. The third kappa shape index (κ3) is 8.04. The molecule has 1 aromatic rings. The maximum absolute atomic E-state index is 11.8. The highest BCUT2D eigenvalue weighted by Gasteiger charge is 2.25. The Hall–Kier alpha value is -1.35. The number of likely N-dealkylation sites (tertiary alicyclic amines) is 1. The first-order valence-corrected chi connectivity index (χ1v) is 9.55. The average molecular weight is 488 g/mol. The molecule has 27 heavy (non-hydrogen) atoms. The number of aliphatic imine (C=N–C) groups is 1. The highest BCUT2D eigenvalue weighted by Crippen LogP contribution is 2.15. The molecule has 152 valence electrons. The highest BCUT2D eigenvalue weighted by atomic mass is 127. The minimum atomic E-state index is 0. The largest absolute Gasteiger partial charge is 0.374 e. The van der Waals surface area contributed by atoms with Gasteiger partial charge in [-0.1, -0.05) is 37.3 Å². The Labute approximate surface area is 180 Å². The van der Waals surface area contributed by atoms with Gasteiger partial charge in [0.1, 0.15) is 0 Å². The minimum absolute atomic E-state index is 0. The summed E-state index contributed by atoms with van der Waals surface area (Å²) in [7, 11) is 1.77. The van der Waals surface area contributed by atoms with Gasteiger partial charge >= 0.3 is 0 Å². The lowest BCUT2D eigenvalue weighted by molar-refractivity contribution is -0.129. The molecule has 1 fully saturated rings. The summed E-state index contributed by atoms with van der Waals surface area (Å²) in [4.78, 5) is 17.9. The lowest BCUT2D eigenvalue weighted by atomic mass is 10.1. The predicted molar refractivity (Wildman–Crippen MR) is 121 cm³/mol. The molecule has 0 bridgehead atoms. The summed E-state index contributed by atoms with van der Waals surface area (Å²) < 4.78 is 5.89. The molecule has 6 nitrogen and oxygen atoms in total. The van der Waals surface area contributed by atoms with Crippen LogP contribution in [0.2, 0.25) is 0 Å². The van der Waals surface area contributed by atoms with Gasteiger partial charge in [0, 0.05) is 45.8 Å². The molecule has 0 aliphatic carbocycles. The Balaban J connectivity index is 0.00000364. The fourth-order valence-electron chi connectivity index (χ4n) is 3.08. The van der Waals surface area contributed by atoms with Gasteiger partial charge in [-0.15, -0.1) is 24.0 Å². The average Bonchev–Trinajstić information content (AvgIpc) is 3.15. The molecule has 0 saturated carbocycles. The number of nitrogens with one attached hydrogen (secondary N) is 2. The van der Waals surface area contributed by atoms with E-state index in [-0.39, 0.29) is 42.0 Å². The van der Waals surface area contributed by atoms with Crippen molar-refractivity contribution >= 4 is 35.8 Å². The lowest BCUT2D eigenvalue weighted by Gasteiger charge is -2.19. The Morgan fingerprint density at radius 1 is 1.37 bits per heavy atom. The first kappa shape index (κ1) is 23.7. The number of carbonyl (C=O) groups excluding carboxylic acids is 1. The zero-order chi connectivity index (χ0) is 18.8. The number of ether oxygens (including phenoxy) is 1. The Kier molecular flexibility index (Phi) is 11.3. The fourth-order valence-corrected chi connectivity index (χ4v) is 3.08. The van der Waals surface area contributed by atoms with E-state index in [1.807, 2.05) is 30.0 Å². The van der Waals surface area contributed by atoms with Crippen molar-refractivity contribution in [1.29, 1.82) is 0 Å². The topological polar surface area (TPSA) is 66.0 Å². The summed E-state index contributed by atoms with van der Waals surface area (Å²) in [5.74, 6) is 1.01. The Bertz CT molecular complexity index is 583. The van der Waals surface area contributed by atoms with E-state index in [2.05, 4.69) is 34.7 Å². The van der Waals surface area contributed by atoms with E-state index in [1.54, 1.807) is 7.05 Å². The number of halogens is 1. The van der Waals surface area contributed by atoms with E-state index >= 15 is 0 Å². The summed E-state index contributed by atoms with van der Waals surface area (Å²) in [5, 5.41) is 6.73. The summed E-state index contributed by atoms with van der Waals surface area (Å²) in [5.41, 5.74) is 1.20. The smallest absolute Gasteiger partial charge is 0.222 e. The molecule has 2 N–H and O–H groups in total. The molecule has 1 heterocycles. The van der Waals surface area contributed by atoms with Gasteiger partial charge in [-0.25, -0.2) is 0 Å². The second-order valence-corrected chi connectivity index (χ2v) is 6.60. The molecule has 2 unspecified atom stereocenters. The van der Waals surface area contributed by atoms with Crippen molar-refractivity contribution < 1.29 is 9.53 Å². The molecule has 2 atom stereocenters. The van der Waals surface area contributed by atoms with Crippen molar-refractivity contribution in [3.05, 3.63) is 35.9 Å². The summed E-state index contributed by atoms with van der Waals surface area (Å²) in [6.45, 7) is 7.06. The van der Waals surface area contributed by atoms with Crippen molar-refractivity contribution in [2.24, 2.45) is 4.99 Å². The van der Waals surface area contributed by atoms with Crippen LogP contribution in [0.4, 0.5) is 0 Å². The van der Waals surface area contributed by atoms with Crippen molar-refractivity contribution in [2.45, 2.75) is 45.3 Å². The van der Waals surface area contributed by atoms with Crippen LogP contribution in [0, 0.1) is 0 Å². The molecule has 2 rings (SSSR count). The van der Waals surface area contributed by atoms with Crippen molar-refractivity contribution in [2.75, 3.05) is 33.3 Å². The normalized spacial score (nSPS) is 18.0. The number of amides is 1. The quantitative estimate of drug-likeness (QED) is 0.256. The van der Waals surface area contributed by atoms with Crippen LogP contribution in [0.3, 0.4) is 0 Å². The monoisotopic (exact) mass is 488 g/mol. The van der Waals surface area contributed by atoms with E-state index in [1.165, 1.54) is 5.56 Å². The van der Waals surface area contributed by atoms with Crippen LogP contribution >= 0.6 is 24.0 Å². The third-order valence-corrected chi connectivity index (χ3v) is 4.66. The Morgan fingerprint density at radius 2 is 2.11 bits per heavy atom. The van der Waals surface area contributed by atoms with Crippen molar-refractivity contribution in [1.82, 2.24) is 15.5 Å². The van der Waals surface area contributed by atoms with Gasteiger partial charge in [0.05, 0.1) is 6.10 Å². The van der Waals surface area contributed by atoms with Crippen molar-refractivity contribution in [3.63, 3.8) is 0 Å². The van der Waals surface area contributed by atoms with Crippen molar-refractivity contribution in [3.8, 4) is 0 Å². The highest BCUT2D eigenvalue weighted by molar-refractivity contribution is 14.0. The first-order chi connectivity index (χ1) is 12.6. The molecule has 0 radical (unpaired) electrons. The summed E-state index contributed by atoms with van der Waals surface area (Å²) in [6.07, 6.45) is 2.54. The number of hydrogen-bond donors (Lipinski definition) is 2. The molecule has 1 aliphatic heterocycles. The zero-order valence-corrected chi connectivity index (χ0v) is 18.9. The molecule has 0 aromatic heterocycles. The second-order valence-electron chi connectivity index (χ2n) is 6.60. The molecule has 1 amide bonds. The minimum Gasteiger partial charge on any atom is -0.374 e. The molecule has 1 aromatic carbocycles. The van der Waals surface area contributed by atoms with E-state index in [9.17, 15) is 4.79 Å². The van der Waals surface area contributed by atoms with Crippen LogP contribution < -0.4 is 10.6 Å². The molecule has 1 saturated heterocycles. The molecule has 7 heteroatoms. The number of hydrogen-bond acceptors (Lipinski definition) is 3. The van der Waals surface area contributed by atoms with Crippen LogP contribution in [0.25, 0.3) is 0 Å². The van der Waals surface area contributed by atoms with Gasteiger partial charge in [0.15, 0.2) is 5.96 Å². The van der Waals surface area contributed by atoms with Gasteiger partial charge in [0.25, 0.3) is 0 Å². The number of rotatable bonds is 8. The number of carbonyl (C=O) groups is 1. The summed E-state index contributed by atoms with van der Waals surface area (Å²) in [6, 6.07) is 10.5. The van der Waals surface area contributed by atoms with E-state index in [0.29, 0.717) is 13.0 Å². The zero-order valence-electron chi connectivity index (χ0n) is 16.6. The van der Waals surface area contributed by atoms with E-state index in [0.717, 1.165) is 38.4 Å². The van der Waals surface area contributed by atoms with Gasteiger partial charge in [-0.3, -0.25) is 9.79 Å². The van der Waals surface area contributed by atoms with Crippen LogP contribution in [-0.4, -0.2) is 56.1 Å². The van der Waals surface area contributed by atoms with Crippen LogP contribution in [0.15, 0.2) is 35.3 Å². The van der Waals surface area contributed by atoms with E-state index in [4.69, 9.17) is 4.74 Å². The second kappa shape index (κ2) is 12.9. The number of benzene rings is 1. The maximum Gasteiger partial charge on any atom is 0.222 e. The first-order valence-electron chi connectivity index (χ1n) is 9.55. The van der Waals surface area contributed by atoms with Gasteiger partial charge < -0.3 is 20.3 Å². The predicted octanol–water partition coefficient (Wildman–Crippen LogP) is 2.95. The Morgan fingerprint density at radius 3 is 2.78 bits per heavy atom. The van der Waals surface area contributed by atoms with Crippen LogP contribution in [0.5, 0.6) is 0 Å². The van der Waals surface area contributed by atoms with Gasteiger partial charge in [-0.05, 0) is 25.3 Å². The van der Waals surface area contributed by atoms with Crippen LogP contribution in [0.1, 0.15) is 44.8 Å². The maximum atomic E-state index is 11.8. The summed E-state index contributed by atoms with van der Waals surface area (Å²) >= 11 is 0. The van der Waals surface area contributed by atoms with Crippen LogP contribution in [-0.2, 0) is 9.53 Å². The van der Waals surface area contributed by atoms with Gasteiger partial charge in [-0.2, -0.15) is 0 Å². The lowest BCUT2D eigenvalue weighted by Crippen LogP contribution is -2.45. The number of nitrogens with zero attached hydrogens (tertiary/aromatic N) is 2.